The molecule has 0 saturated carbocycles. The van der Waals surface area contributed by atoms with Crippen LogP contribution in [0.1, 0.15) is 58.4 Å². The maximum Gasteiger partial charge on any atom is 0.409 e. The third kappa shape index (κ3) is 7.02. The van der Waals surface area contributed by atoms with Gasteiger partial charge < -0.3 is 24.6 Å². The van der Waals surface area contributed by atoms with Gasteiger partial charge in [-0.15, -0.1) is 0 Å². The molecule has 1 aromatic rings. The number of methoxy groups -OCH3 is 1. The number of aliphatic hydroxyl groups is 2. The normalized spacial score (nSPS) is 32.7. The van der Waals surface area contributed by atoms with Crippen molar-refractivity contribution in [3.8, 4) is 5.75 Å². The van der Waals surface area contributed by atoms with Crippen molar-refractivity contribution in [1.82, 2.24) is 5.32 Å². The lowest BCUT2D eigenvalue weighted by Gasteiger charge is -2.40. The smallest absolute Gasteiger partial charge is 0.409 e. The summed E-state index contributed by atoms with van der Waals surface area (Å²) in [5, 5.41) is 25.0. The van der Waals surface area contributed by atoms with Crippen LogP contribution in [-0.4, -0.2) is 53.8 Å². The minimum absolute atomic E-state index is 0.0951. The lowest BCUT2D eigenvalue weighted by Crippen LogP contribution is -2.57. The van der Waals surface area contributed by atoms with Crippen LogP contribution in [0.4, 0.5) is 10.5 Å². The van der Waals surface area contributed by atoms with Crippen LogP contribution in [-0.2, 0) is 16.0 Å². The Balaban J connectivity index is 1.97. The molecular weight excluding hydrogens is 484 g/mol. The van der Waals surface area contributed by atoms with Crippen LogP contribution in [0.3, 0.4) is 0 Å². The molecule has 1 saturated heterocycles. The molecule has 0 aromatic heterocycles. The molecule has 8 nitrogen and oxygen atoms in total. The number of nitrogens with one attached hydrogen (secondary N) is 1. The summed E-state index contributed by atoms with van der Waals surface area (Å²) in [6.45, 7) is 5.52. The van der Waals surface area contributed by atoms with Gasteiger partial charge in [-0.05, 0) is 56.7 Å². The second kappa shape index (κ2) is 11.2. The number of ether oxygens (including phenoxy) is 2. The molecule has 0 aliphatic carbocycles. The van der Waals surface area contributed by atoms with Crippen LogP contribution < -0.4 is 15.0 Å². The molecule has 1 aromatic carbocycles. The predicted octanol–water partition coefficient (Wildman–Crippen LogP) is 4.50. The maximum atomic E-state index is 13.1. The first-order valence-corrected chi connectivity index (χ1v) is 12.6. The lowest BCUT2D eigenvalue weighted by atomic mass is 9.83. The van der Waals surface area contributed by atoms with Crippen molar-refractivity contribution in [2.45, 2.75) is 76.7 Å². The van der Waals surface area contributed by atoms with Crippen molar-refractivity contribution in [2.24, 2.45) is 5.92 Å². The standard InChI is InChI=1S/C27H37ClN2O6/c1-17-8-6-7-10-27(34)16-22(36-25(32)29-27)18(2)15-26(3,33)11-9-23(31)30(4)20-13-19(12-17)14-21(35-5)24(20)28/h6-8,13-14,18,22,33-34H,9-12,15-16H2,1-5H3,(H,29,32)/b7-6+,17-8+/t18-,22+,26+,27-/m1/s1. The van der Waals surface area contributed by atoms with E-state index in [-0.39, 0.29) is 37.5 Å². The summed E-state index contributed by atoms with van der Waals surface area (Å²) in [4.78, 5) is 26.8. The zero-order valence-corrected chi connectivity index (χ0v) is 22.4. The highest BCUT2D eigenvalue weighted by atomic mass is 35.5. The molecule has 198 valence electrons. The number of amides is 2. The number of benzene rings is 1. The number of rotatable bonds is 1. The fourth-order valence-electron chi connectivity index (χ4n) is 4.85. The van der Waals surface area contributed by atoms with E-state index in [4.69, 9.17) is 21.1 Å². The van der Waals surface area contributed by atoms with Crippen LogP contribution >= 0.6 is 11.6 Å². The van der Waals surface area contributed by atoms with E-state index in [2.05, 4.69) is 5.32 Å². The Morgan fingerprint density at radius 1 is 1.25 bits per heavy atom. The van der Waals surface area contributed by atoms with E-state index < -0.39 is 23.5 Å². The molecule has 3 N–H and O–H groups in total. The van der Waals surface area contributed by atoms with Gasteiger partial charge in [-0.2, -0.15) is 0 Å². The molecule has 1 fully saturated rings. The number of fused-ring (bicyclic) bond motifs is 4. The fraction of sp³-hybridized carbons (Fsp3) is 0.556. The number of carbonyl (C=O) groups is 2. The Morgan fingerprint density at radius 3 is 2.67 bits per heavy atom. The first kappa shape index (κ1) is 28.0. The van der Waals surface area contributed by atoms with Gasteiger partial charge in [0.1, 0.15) is 22.6 Å². The van der Waals surface area contributed by atoms with Crippen molar-refractivity contribution in [2.75, 3.05) is 19.1 Å². The van der Waals surface area contributed by atoms with Gasteiger partial charge in [0.05, 0.1) is 18.4 Å². The number of alkyl carbamates (subject to hydrolysis) is 1. The summed E-state index contributed by atoms with van der Waals surface area (Å²) in [5.74, 6) is 0.0397. The second-order valence-corrected chi connectivity index (χ2v) is 10.8. The van der Waals surface area contributed by atoms with Gasteiger partial charge in [0.2, 0.25) is 5.91 Å². The quantitative estimate of drug-likeness (QED) is 0.503. The number of carbonyl (C=O) groups excluding carboxylic acids is 2. The SMILES string of the molecule is COc1cc2cc(c1Cl)N(C)C(=O)CC[C@](C)(O)C[C@@H](C)[C@@H]1C[C@](O)(C/C=C/C=C(\C)C2)NC(=O)O1. The number of hydrogen-bond donors (Lipinski definition) is 3. The molecule has 0 radical (unpaired) electrons. The highest BCUT2D eigenvalue weighted by Gasteiger charge is 2.42. The van der Waals surface area contributed by atoms with E-state index in [1.165, 1.54) is 12.0 Å². The summed E-state index contributed by atoms with van der Waals surface area (Å²) >= 11 is 6.55. The molecule has 9 heteroatoms. The van der Waals surface area contributed by atoms with E-state index in [0.717, 1.165) is 11.1 Å². The average Bonchev–Trinajstić information content (AvgIpc) is 2.79. The molecule has 2 amide bonds. The number of halogens is 1. The van der Waals surface area contributed by atoms with Gasteiger partial charge in [0, 0.05) is 26.3 Å². The summed E-state index contributed by atoms with van der Waals surface area (Å²) in [5.41, 5.74) is -0.125. The first-order chi connectivity index (χ1) is 16.8. The van der Waals surface area contributed by atoms with Crippen molar-refractivity contribution >= 4 is 29.3 Å². The number of hydrogen-bond acceptors (Lipinski definition) is 6. The third-order valence-corrected chi connectivity index (χ3v) is 7.28. The number of nitrogens with zero attached hydrogens (tertiary/aromatic N) is 1. The molecule has 4 atom stereocenters. The van der Waals surface area contributed by atoms with Crippen LogP contribution in [0, 0.1) is 5.92 Å². The molecule has 3 rings (SSSR count). The Labute approximate surface area is 217 Å². The second-order valence-electron chi connectivity index (χ2n) is 10.4. The first-order valence-electron chi connectivity index (χ1n) is 12.2. The van der Waals surface area contributed by atoms with Crippen LogP contribution in [0.15, 0.2) is 35.9 Å². The number of allylic oxidation sites excluding steroid dienone is 3. The van der Waals surface area contributed by atoms with E-state index in [1.807, 2.05) is 44.2 Å². The molecule has 2 aliphatic rings. The molecule has 4 bridgehead atoms. The van der Waals surface area contributed by atoms with Gasteiger partial charge in [-0.1, -0.05) is 42.3 Å². The zero-order chi connectivity index (χ0) is 26.7. The summed E-state index contributed by atoms with van der Waals surface area (Å²) in [7, 11) is 3.19. The van der Waals surface area contributed by atoms with Gasteiger partial charge in [-0.25, -0.2) is 4.79 Å². The highest BCUT2D eigenvalue weighted by molar-refractivity contribution is 6.35. The van der Waals surface area contributed by atoms with Crippen molar-refractivity contribution in [1.29, 1.82) is 0 Å². The summed E-state index contributed by atoms with van der Waals surface area (Å²) < 4.78 is 10.9. The lowest BCUT2D eigenvalue weighted by molar-refractivity contribution is -0.120. The largest absolute Gasteiger partial charge is 0.495 e. The summed E-state index contributed by atoms with van der Waals surface area (Å²) in [6, 6.07) is 3.72. The van der Waals surface area contributed by atoms with Crippen molar-refractivity contribution < 1.29 is 29.3 Å². The molecule has 2 aliphatic heterocycles. The Hall–Kier alpha value is -2.55. The van der Waals surface area contributed by atoms with Crippen LogP contribution in [0.2, 0.25) is 5.02 Å². The Morgan fingerprint density at radius 2 is 1.97 bits per heavy atom. The Kier molecular flexibility index (Phi) is 8.75. The molecule has 36 heavy (non-hydrogen) atoms. The zero-order valence-electron chi connectivity index (χ0n) is 21.6. The predicted molar refractivity (Wildman–Crippen MR) is 139 cm³/mol. The van der Waals surface area contributed by atoms with E-state index in [1.54, 1.807) is 14.0 Å². The van der Waals surface area contributed by atoms with Crippen LogP contribution in [0.25, 0.3) is 0 Å². The minimum atomic E-state index is -1.45. The van der Waals surface area contributed by atoms with Crippen molar-refractivity contribution in [3.05, 3.63) is 46.5 Å². The van der Waals surface area contributed by atoms with Crippen LogP contribution in [0.5, 0.6) is 5.75 Å². The molecule has 2 heterocycles. The minimum Gasteiger partial charge on any atom is -0.495 e. The van der Waals surface area contributed by atoms with E-state index >= 15 is 0 Å². The van der Waals surface area contributed by atoms with Gasteiger partial charge >= 0.3 is 6.09 Å². The van der Waals surface area contributed by atoms with E-state index in [9.17, 15) is 19.8 Å². The molecular formula is C27H37ClN2O6. The summed E-state index contributed by atoms with van der Waals surface area (Å²) in [6.07, 6.45) is 5.92. The highest BCUT2D eigenvalue weighted by Crippen LogP contribution is 2.37. The third-order valence-electron chi connectivity index (χ3n) is 6.90. The maximum absolute atomic E-state index is 13.1. The van der Waals surface area contributed by atoms with Gasteiger partial charge in [-0.3, -0.25) is 10.1 Å². The van der Waals surface area contributed by atoms with Gasteiger partial charge in [0.15, 0.2) is 0 Å². The number of anilines is 1. The molecule has 0 spiro atoms. The van der Waals surface area contributed by atoms with Crippen molar-refractivity contribution in [3.63, 3.8) is 0 Å². The molecule has 0 unspecified atom stereocenters. The Bertz CT molecular complexity index is 1050. The average molecular weight is 521 g/mol. The van der Waals surface area contributed by atoms with E-state index in [0.29, 0.717) is 29.3 Å². The fourth-order valence-corrected chi connectivity index (χ4v) is 5.16. The topological polar surface area (TPSA) is 108 Å². The monoisotopic (exact) mass is 520 g/mol. The van der Waals surface area contributed by atoms with Gasteiger partial charge in [0.25, 0.3) is 0 Å².